The molecule has 0 spiro atoms. The van der Waals surface area contributed by atoms with E-state index in [1.54, 1.807) is 6.08 Å². The second-order valence-electron chi connectivity index (χ2n) is 5.50. The SMILES string of the molecule is OCCCCCCCCCCC=CC#CC=COCC(O)CO. The molecular weight excluding hydrogens is 292 g/mol. The molecular formula is C19H32O4. The van der Waals surface area contributed by atoms with Gasteiger partial charge in [0, 0.05) is 12.7 Å². The highest BCUT2D eigenvalue weighted by Gasteiger charge is 1.98. The van der Waals surface area contributed by atoms with Gasteiger partial charge in [0.2, 0.25) is 0 Å². The number of unbranched alkanes of at least 4 members (excludes halogenated alkanes) is 8. The third-order valence-corrected chi connectivity index (χ3v) is 3.31. The minimum atomic E-state index is -0.840. The molecule has 0 saturated carbocycles. The Hall–Kier alpha value is -1.28. The van der Waals surface area contributed by atoms with Gasteiger partial charge in [-0.05, 0) is 25.3 Å². The maximum absolute atomic E-state index is 9.02. The first-order valence-corrected chi connectivity index (χ1v) is 8.63. The highest BCUT2D eigenvalue weighted by atomic mass is 16.5. The van der Waals surface area contributed by atoms with Crippen LogP contribution in [0.15, 0.2) is 24.5 Å². The lowest BCUT2D eigenvalue weighted by Gasteiger charge is -2.04. The van der Waals surface area contributed by atoms with Gasteiger partial charge >= 0.3 is 0 Å². The van der Waals surface area contributed by atoms with Gasteiger partial charge in [0.1, 0.15) is 12.7 Å². The van der Waals surface area contributed by atoms with E-state index in [1.807, 2.05) is 6.08 Å². The fourth-order valence-corrected chi connectivity index (χ4v) is 1.97. The van der Waals surface area contributed by atoms with E-state index < -0.39 is 6.10 Å². The van der Waals surface area contributed by atoms with Crippen molar-refractivity contribution in [1.29, 1.82) is 0 Å². The standard InChI is InChI=1S/C19H32O4/c20-15-13-11-9-7-5-3-1-2-4-6-8-10-12-14-16-23-18-19(22)17-21/h6,8,14,16,19-22H,1-5,7,9,11,13,15,17-18H2. The molecule has 0 aromatic rings. The molecule has 0 aliphatic rings. The molecule has 0 aliphatic carbocycles. The van der Waals surface area contributed by atoms with E-state index in [1.165, 1.54) is 44.8 Å². The normalized spacial score (nSPS) is 12.5. The predicted octanol–water partition coefficient (Wildman–Crippen LogP) is 2.93. The van der Waals surface area contributed by atoms with Crippen molar-refractivity contribution in [2.24, 2.45) is 0 Å². The molecule has 0 aliphatic heterocycles. The molecule has 0 aromatic carbocycles. The van der Waals surface area contributed by atoms with Gasteiger partial charge in [-0.15, -0.1) is 0 Å². The Morgan fingerprint density at radius 1 is 0.826 bits per heavy atom. The number of aliphatic hydroxyl groups is 3. The lowest BCUT2D eigenvalue weighted by Crippen LogP contribution is -2.17. The first kappa shape index (κ1) is 21.7. The van der Waals surface area contributed by atoms with Crippen LogP contribution >= 0.6 is 0 Å². The molecule has 132 valence electrons. The van der Waals surface area contributed by atoms with Crippen LogP contribution < -0.4 is 0 Å². The minimum absolute atomic E-state index is 0.0754. The van der Waals surface area contributed by atoms with E-state index in [4.69, 9.17) is 20.1 Å². The van der Waals surface area contributed by atoms with Crippen LogP contribution in [0.2, 0.25) is 0 Å². The summed E-state index contributed by atoms with van der Waals surface area (Å²) in [5.41, 5.74) is 0. The number of hydrogen-bond donors (Lipinski definition) is 3. The average Bonchev–Trinajstić information content (AvgIpc) is 2.57. The van der Waals surface area contributed by atoms with E-state index >= 15 is 0 Å². The summed E-state index contributed by atoms with van der Waals surface area (Å²) >= 11 is 0. The van der Waals surface area contributed by atoms with E-state index in [0.29, 0.717) is 6.61 Å². The highest BCUT2D eigenvalue weighted by Crippen LogP contribution is 2.09. The second kappa shape index (κ2) is 18.8. The fraction of sp³-hybridized carbons (Fsp3) is 0.684. The Kier molecular flexibility index (Phi) is 17.7. The molecule has 0 fully saturated rings. The Morgan fingerprint density at radius 3 is 2.09 bits per heavy atom. The smallest absolute Gasteiger partial charge is 0.115 e. The molecule has 3 N–H and O–H groups in total. The molecule has 0 bridgehead atoms. The van der Waals surface area contributed by atoms with E-state index in [2.05, 4.69) is 17.9 Å². The third-order valence-electron chi connectivity index (χ3n) is 3.31. The maximum atomic E-state index is 9.02. The quantitative estimate of drug-likeness (QED) is 0.261. The summed E-state index contributed by atoms with van der Waals surface area (Å²) in [4.78, 5) is 0. The molecule has 0 aromatic heterocycles. The van der Waals surface area contributed by atoms with Crippen LogP contribution in [0, 0.1) is 11.8 Å². The molecule has 0 rings (SSSR count). The van der Waals surface area contributed by atoms with Gasteiger partial charge in [-0.1, -0.05) is 56.4 Å². The fourth-order valence-electron chi connectivity index (χ4n) is 1.97. The van der Waals surface area contributed by atoms with Crippen LogP contribution in [0.5, 0.6) is 0 Å². The molecule has 0 heterocycles. The van der Waals surface area contributed by atoms with Gasteiger partial charge in [0.05, 0.1) is 12.9 Å². The van der Waals surface area contributed by atoms with Crippen molar-refractivity contribution in [2.75, 3.05) is 19.8 Å². The summed E-state index contributed by atoms with van der Waals surface area (Å²) in [6.45, 7) is 0.100. The van der Waals surface area contributed by atoms with Gasteiger partial charge in [-0.3, -0.25) is 0 Å². The van der Waals surface area contributed by atoms with Crippen molar-refractivity contribution >= 4 is 0 Å². The zero-order valence-corrected chi connectivity index (χ0v) is 14.1. The molecule has 4 heteroatoms. The Labute approximate surface area is 140 Å². The zero-order chi connectivity index (χ0) is 17.0. The van der Waals surface area contributed by atoms with Crippen LogP contribution in [0.1, 0.15) is 57.8 Å². The molecule has 1 atom stereocenters. The topological polar surface area (TPSA) is 69.9 Å². The zero-order valence-electron chi connectivity index (χ0n) is 14.1. The first-order valence-electron chi connectivity index (χ1n) is 8.63. The van der Waals surface area contributed by atoms with Crippen molar-refractivity contribution in [2.45, 2.75) is 63.9 Å². The molecule has 4 nitrogen and oxygen atoms in total. The maximum Gasteiger partial charge on any atom is 0.115 e. The number of aliphatic hydroxyl groups excluding tert-OH is 3. The van der Waals surface area contributed by atoms with Gasteiger partial charge < -0.3 is 20.1 Å². The molecule has 23 heavy (non-hydrogen) atoms. The highest BCUT2D eigenvalue weighted by molar-refractivity contribution is 5.22. The summed E-state index contributed by atoms with van der Waals surface area (Å²) in [6, 6.07) is 0. The summed E-state index contributed by atoms with van der Waals surface area (Å²) in [5, 5.41) is 26.3. The number of rotatable bonds is 14. The Morgan fingerprint density at radius 2 is 1.43 bits per heavy atom. The van der Waals surface area contributed by atoms with E-state index in [-0.39, 0.29) is 13.2 Å². The van der Waals surface area contributed by atoms with Crippen molar-refractivity contribution in [1.82, 2.24) is 0 Å². The minimum Gasteiger partial charge on any atom is -0.498 e. The number of hydrogen-bond acceptors (Lipinski definition) is 4. The molecule has 0 amide bonds. The van der Waals surface area contributed by atoms with Gasteiger partial charge in [-0.25, -0.2) is 0 Å². The molecule has 0 radical (unpaired) electrons. The number of ether oxygens (including phenoxy) is 1. The monoisotopic (exact) mass is 324 g/mol. The summed E-state index contributed by atoms with van der Waals surface area (Å²) in [5.74, 6) is 5.70. The van der Waals surface area contributed by atoms with Crippen LogP contribution in [0.25, 0.3) is 0 Å². The summed E-state index contributed by atoms with van der Waals surface area (Å²) in [6.07, 6.45) is 16.8. The predicted molar refractivity (Wildman–Crippen MR) is 93.7 cm³/mol. The Bertz CT molecular complexity index is 352. The third kappa shape index (κ3) is 18.7. The lowest BCUT2D eigenvalue weighted by molar-refractivity contribution is 0.0385. The number of allylic oxidation sites excluding steroid dienone is 3. The van der Waals surface area contributed by atoms with Gasteiger partial charge in [0.15, 0.2) is 0 Å². The Balaban J connectivity index is 3.34. The second-order valence-corrected chi connectivity index (χ2v) is 5.50. The van der Waals surface area contributed by atoms with Crippen LogP contribution in [0.4, 0.5) is 0 Å². The summed E-state index contributed by atoms with van der Waals surface area (Å²) in [7, 11) is 0. The van der Waals surface area contributed by atoms with E-state index in [9.17, 15) is 0 Å². The van der Waals surface area contributed by atoms with Gasteiger partial charge in [-0.2, -0.15) is 0 Å². The van der Waals surface area contributed by atoms with Crippen molar-refractivity contribution in [3.8, 4) is 11.8 Å². The van der Waals surface area contributed by atoms with Crippen LogP contribution in [-0.2, 0) is 4.74 Å². The molecule has 1 unspecified atom stereocenters. The average molecular weight is 324 g/mol. The van der Waals surface area contributed by atoms with Crippen molar-refractivity contribution in [3.05, 3.63) is 24.5 Å². The van der Waals surface area contributed by atoms with Crippen LogP contribution in [-0.4, -0.2) is 41.2 Å². The van der Waals surface area contributed by atoms with Gasteiger partial charge in [0.25, 0.3) is 0 Å². The largest absolute Gasteiger partial charge is 0.498 e. The molecule has 0 saturated heterocycles. The van der Waals surface area contributed by atoms with Crippen LogP contribution in [0.3, 0.4) is 0 Å². The summed E-state index contributed by atoms with van der Waals surface area (Å²) < 4.78 is 4.97. The van der Waals surface area contributed by atoms with Crippen molar-refractivity contribution in [3.63, 3.8) is 0 Å². The van der Waals surface area contributed by atoms with E-state index in [0.717, 1.165) is 19.3 Å². The lowest BCUT2D eigenvalue weighted by atomic mass is 10.1. The first-order chi connectivity index (χ1) is 11.3. The van der Waals surface area contributed by atoms with Crippen molar-refractivity contribution < 1.29 is 20.1 Å².